The van der Waals surface area contributed by atoms with Crippen LogP contribution in [0.3, 0.4) is 0 Å². The maximum Gasteiger partial charge on any atom is 0.226 e. The molecular weight excluding hydrogens is 516 g/mol. The zero-order valence-corrected chi connectivity index (χ0v) is 20.8. The molecule has 2 aromatic heterocycles. The summed E-state index contributed by atoms with van der Waals surface area (Å²) >= 11 is 10.9. The highest BCUT2D eigenvalue weighted by molar-refractivity contribution is 9.11. The van der Waals surface area contributed by atoms with Crippen LogP contribution >= 0.6 is 39.5 Å². The summed E-state index contributed by atoms with van der Waals surface area (Å²) in [5.74, 6) is -0.0402. The van der Waals surface area contributed by atoms with Gasteiger partial charge in [-0.1, -0.05) is 42.5 Å². The van der Waals surface area contributed by atoms with Gasteiger partial charge < -0.3 is 15.5 Å². The molecule has 0 radical (unpaired) electrons. The molecule has 0 spiro atoms. The predicted octanol–water partition coefficient (Wildman–Crippen LogP) is 6.06. The Morgan fingerprint density at radius 1 is 1.09 bits per heavy atom. The van der Waals surface area contributed by atoms with E-state index in [2.05, 4.69) is 42.5 Å². The van der Waals surface area contributed by atoms with E-state index in [0.717, 1.165) is 25.9 Å². The van der Waals surface area contributed by atoms with Gasteiger partial charge in [0.2, 0.25) is 5.91 Å². The molecule has 0 aliphatic carbocycles. The third-order valence-corrected chi connectivity index (χ3v) is 7.77. The van der Waals surface area contributed by atoms with Crippen molar-refractivity contribution >= 4 is 67.0 Å². The number of rotatable bonds is 6. The first-order valence-corrected chi connectivity index (χ1v) is 12.6. The molecule has 5 nitrogen and oxygen atoms in total. The number of carbonyl (C=O) groups is 1. The molecule has 2 atom stereocenters. The van der Waals surface area contributed by atoms with Crippen LogP contribution in [0.5, 0.6) is 0 Å². The highest BCUT2D eigenvalue weighted by atomic mass is 79.9. The summed E-state index contributed by atoms with van der Waals surface area (Å²) in [5.41, 5.74) is 1.75. The third kappa shape index (κ3) is 4.64. The summed E-state index contributed by atoms with van der Waals surface area (Å²) in [4.78, 5) is 20.7. The van der Waals surface area contributed by atoms with E-state index >= 15 is 0 Å². The number of nitrogens with zero attached hydrogens (tertiary/aromatic N) is 2. The van der Waals surface area contributed by atoms with Crippen molar-refractivity contribution in [1.29, 1.82) is 0 Å². The molecule has 1 amide bonds. The molecule has 166 valence electrons. The normalized spacial score (nSPS) is 17.8. The molecule has 0 saturated carbocycles. The molecule has 5 rings (SSSR count). The van der Waals surface area contributed by atoms with E-state index in [-0.39, 0.29) is 18.0 Å². The van der Waals surface area contributed by atoms with Crippen LogP contribution in [0, 0.1) is 0 Å². The highest BCUT2D eigenvalue weighted by Crippen LogP contribution is 2.42. The van der Waals surface area contributed by atoms with E-state index in [9.17, 15) is 4.79 Å². The minimum atomic E-state index is -0.0784. The number of hydrogen-bond acceptors (Lipinski definition) is 4. The average Bonchev–Trinajstić information content (AvgIpc) is 3.41. The largest absolute Gasteiger partial charge is 0.352 e. The predicted molar refractivity (Wildman–Crippen MR) is 141 cm³/mol. The second-order valence-corrected chi connectivity index (χ2v) is 10.7. The summed E-state index contributed by atoms with van der Waals surface area (Å²) in [6.45, 7) is 0.506. The minimum Gasteiger partial charge on any atom is -0.352 e. The van der Waals surface area contributed by atoms with Crippen molar-refractivity contribution in [3.05, 3.63) is 93.4 Å². The van der Waals surface area contributed by atoms with Crippen LogP contribution in [0.15, 0.2) is 82.8 Å². The number of pyridine rings is 1. The molecule has 8 heteroatoms. The Bertz CT molecular complexity index is 1300. The number of hydrogen-bond donors (Lipinski definition) is 2. The van der Waals surface area contributed by atoms with Crippen molar-refractivity contribution in [2.45, 2.75) is 18.5 Å². The zero-order valence-electron chi connectivity index (χ0n) is 17.6. The smallest absolute Gasteiger partial charge is 0.226 e. The van der Waals surface area contributed by atoms with Gasteiger partial charge in [-0.3, -0.25) is 9.78 Å². The Balaban J connectivity index is 1.35. The number of anilines is 1. The topological polar surface area (TPSA) is 57.3 Å². The summed E-state index contributed by atoms with van der Waals surface area (Å²) in [6, 6.07) is 23.9. The molecule has 0 unspecified atom stereocenters. The van der Waals surface area contributed by atoms with E-state index in [1.54, 1.807) is 17.5 Å². The number of nitrogens with one attached hydrogen (secondary N) is 2. The van der Waals surface area contributed by atoms with Gasteiger partial charge in [-0.2, -0.15) is 0 Å². The van der Waals surface area contributed by atoms with E-state index in [0.29, 0.717) is 18.1 Å². The number of aromatic nitrogens is 1. The average molecular weight is 538 g/mol. The lowest BCUT2D eigenvalue weighted by Crippen LogP contribution is -2.32. The Kier molecular flexibility index (Phi) is 6.39. The Hall–Kier alpha value is -2.81. The summed E-state index contributed by atoms with van der Waals surface area (Å²) in [5, 5.41) is 9.28. The second kappa shape index (κ2) is 9.59. The minimum absolute atomic E-state index is 0.0333. The number of halogens is 1. The molecule has 2 N–H and O–H groups in total. The van der Waals surface area contributed by atoms with Crippen molar-refractivity contribution in [2.24, 2.45) is 0 Å². The molecule has 1 aliphatic heterocycles. The number of carbonyl (C=O) groups excluding carboxylic acids is 1. The summed E-state index contributed by atoms with van der Waals surface area (Å²) < 4.78 is 1.06. The maximum atomic E-state index is 12.9. The van der Waals surface area contributed by atoms with Crippen molar-refractivity contribution < 1.29 is 4.79 Å². The van der Waals surface area contributed by atoms with Gasteiger partial charge >= 0.3 is 0 Å². The maximum absolute atomic E-state index is 12.9. The summed E-state index contributed by atoms with van der Waals surface area (Å²) in [6.07, 6.45) is 2.12. The lowest BCUT2D eigenvalue weighted by molar-refractivity contribution is -0.116. The molecular formula is C25H21BrN4OS2. The van der Waals surface area contributed by atoms with Gasteiger partial charge in [0.05, 0.1) is 21.6 Å². The van der Waals surface area contributed by atoms with Crippen LogP contribution in [0.25, 0.3) is 10.8 Å². The van der Waals surface area contributed by atoms with Crippen molar-refractivity contribution in [1.82, 2.24) is 15.2 Å². The van der Waals surface area contributed by atoms with Crippen molar-refractivity contribution in [2.75, 3.05) is 11.9 Å². The lowest BCUT2D eigenvalue weighted by Gasteiger charge is -2.26. The first-order valence-electron chi connectivity index (χ1n) is 10.6. The Labute approximate surface area is 210 Å². The standard InChI is InChI=1S/C25H21BrN4OS2/c26-21-12-11-20(33-21)24-23(19-9-3-4-14-27-19)29-25(32)30(24)15-13-22(31)28-18-10-5-7-16-6-1-2-8-17(16)18/h1-12,14,23-24H,13,15H2,(H,28,31)(H,29,32)/t23-,24-/m1/s1. The van der Waals surface area contributed by atoms with Crippen LogP contribution in [0.2, 0.25) is 0 Å². The van der Waals surface area contributed by atoms with Gasteiger partial charge in [-0.15, -0.1) is 11.3 Å². The fourth-order valence-corrected chi connectivity index (χ4v) is 6.12. The van der Waals surface area contributed by atoms with E-state index in [4.69, 9.17) is 12.2 Å². The molecule has 2 aromatic carbocycles. The first kappa shape index (κ1) is 22.0. The number of thiocarbonyl (C=S) groups is 1. The van der Waals surface area contributed by atoms with Crippen LogP contribution in [-0.4, -0.2) is 27.4 Å². The third-order valence-electron chi connectivity index (χ3n) is 5.73. The van der Waals surface area contributed by atoms with Gasteiger partial charge in [0, 0.05) is 35.1 Å². The fourth-order valence-electron chi connectivity index (χ4n) is 4.21. The van der Waals surface area contributed by atoms with Crippen LogP contribution in [0.1, 0.15) is 29.1 Å². The zero-order chi connectivity index (χ0) is 22.8. The van der Waals surface area contributed by atoms with Gasteiger partial charge in [0.15, 0.2) is 5.11 Å². The Morgan fingerprint density at radius 3 is 2.70 bits per heavy atom. The lowest BCUT2D eigenvalue weighted by atomic mass is 10.0. The van der Waals surface area contributed by atoms with Crippen LogP contribution in [0.4, 0.5) is 5.69 Å². The number of fused-ring (bicyclic) bond motifs is 1. The second-order valence-electron chi connectivity index (χ2n) is 7.79. The Morgan fingerprint density at radius 2 is 1.91 bits per heavy atom. The number of thiophene rings is 1. The van der Waals surface area contributed by atoms with Crippen LogP contribution < -0.4 is 10.6 Å². The van der Waals surface area contributed by atoms with Crippen molar-refractivity contribution in [3.63, 3.8) is 0 Å². The van der Waals surface area contributed by atoms with Crippen LogP contribution in [-0.2, 0) is 4.79 Å². The van der Waals surface area contributed by atoms with Gasteiger partial charge in [-0.05, 0) is 63.9 Å². The molecule has 1 saturated heterocycles. The number of benzene rings is 2. The first-order chi connectivity index (χ1) is 16.1. The van der Waals surface area contributed by atoms with E-state index in [1.165, 1.54) is 4.88 Å². The van der Waals surface area contributed by atoms with Gasteiger partial charge in [0.25, 0.3) is 0 Å². The van der Waals surface area contributed by atoms with Gasteiger partial charge in [0.1, 0.15) is 0 Å². The fraction of sp³-hybridized carbons (Fsp3) is 0.160. The quantitative estimate of drug-likeness (QED) is 0.293. The molecule has 33 heavy (non-hydrogen) atoms. The molecule has 3 heterocycles. The van der Waals surface area contributed by atoms with Crippen molar-refractivity contribution in [3.8, 4) is 0 Å². The monoisotopic (exact) mass is 536 g/mol. The molecule has 1 fully saturated rings. The van der Waals surface area contributed by atoms with E-state index in [1.807, 2.05) is 66.7 Å². The molecule has 1 aliphatic rings. The SMILES string of the molecule is O=C(CCN1C(=S)N[C@H](c2ccccn2)[C@H]1c1ccc(Br)s1)Nc1cccc2ccccc12. The highest BCUT2D eigenvalue weighted by Gasteiger charge is 2.40. The van der Waals surface area contributed by atoms with E-state index < -0.39 is 0 Å². The molecule has 0 bridgehead atoms. The summed E-state index contributed by atoms with van der Waals surface area (Å²) in [7, 11) is 0. The number of amides is 1. The molecule has 4 aromatic rings. The van der Waals surface area contributed by atoms with Gasteiger partial charge in [-0.25, -0.2) is 0 Å².